The van der Waals surface area contributed by atoms with Gasteiger partial charge in [0.1, 0.15) is 4.90 Å². The van der Waals surface area contributed by atoms with E-state index in [1.807, 2.05) is 18.2 Å². The van der Waals surface area contributed by atoms with E-state index in [9.17, 15) is 8.42 Å². The molecule has 0 bridgehead atoms. The molecule has 0 spiro atoms. The molecular weight excluding hydrogens is 454 g/mol. The summed E-state index contributed by atoms with van der Waals surface area (Å²) in [4.78, 5) is -0.0343. The zero-order chi connectivity index (χ0) is 11.9. The Balaban J connectivity index is 3.04. The third-order valence-corrected chi connectivity index (χ3v) is 4.91. The van der Waals surface area contributed by atoms with Crippen molar-refractivity contribution in [2.45, 2.75) is 4.90 Å². The number of fused-ring (bicyclic) bond motifs is 1. The Hall–Kier alpha value is 0.0700. The predicted molar refractivity (Wildman–Crippen MR) is 79.2 cm³/mol. The van der Waals surface area contributed by atoms with Crippen LogP contribution in [0.2, 0.25) is 0 Å². The molecule has 6 heteroatoms. The highest BCUT2D eigenvalue weighted by Gasteiger charge is 2.16. The first kappa shape index (κ1) is 12.5. The van der Waals surface area contributed by atoms with E-state index in [1.54, 1.807) is 6.07 Å². The lowest BCUT2D eigenvalue weighted by Gasteiger charge is -2.07. The van der Waals surface area contributed by atoms with E-state index in [1.165, 1.54) is 6.07 Å². The van der Waals surface area contributed by atoms with Gasteiger partial charge in [-0.05, 0) is 68.8 Å². The molecule has 1 N–H and O–H groups in total. The summed E-state index contributed by atoms with van der Waals surface area (Å²) in [5, 5.41) is 1.42. The SMILES string of the molecule is O=S(=O)(O)c1ccc(I)c2cccc(I)c12. The van der Waals surface area contributed by atoms with Gasteiger partial charge in [-0.3, -0.25) is 4.55 Å². The fourth-order valence-electron chi connectivity index (χ4n) is 1.51. The largest absolute Gasteiger partial charge is 0.295 e. The lowest BCUT2D eigenvalue weighted by Crippen LogP contribution is -2.00. The Morgan fingerprint density at radius 2 is 1.69 bits per heavy atom. The van der Waals surface area contributed by atoms with Gasteiger partial charge in [-0.15, -0.1) is 0 Å². The van der Waals surface area contributed by atoms with E-state index in [-0.39, 0.29) is 4.90 Å². The number of rotatable bonds is 1. The van der Waals surface area contributed by atoms with Crippen LogP contribution in [0.5, 0.6) is 0 Å². The lowest BCUT2D eigenvalue weighted by molar-refractivity contribution is 0.484. The second kappa shape index (κ2) is 4.39. The smallest absolute Gasteiger partial charge is 0.282 e. The molecule has 0 radical (unpaired) electrons. The van der Waals surface area contributed by atoms with Crippen molar-refractivity contribution in [2.75, 3.05) is 0 Å². The first-order valence-corrected chi connectivity index (χ1v) is 7.85. The summed E-state index contributed by atoms with van der Waals surface area (Å²) in [5.41, 5.74) is 0. The Morgan fingerprint density at radius 1 is 1.00 bits per heavy atom. The Labute approximate surface area is 120 Å². The molecule has 0 saturated carbocycles. The van der Waals surface area contributed by atoms with Gasteiger partial charge < -0.3 is 0 Å². The summed E-state index contributed by atoms with van der Waals surface area (Å²) in [5.74, 6) is 0. The van der Waals surface area contributed by atoms with Crippen LogP contribution in [0.3, 0.4) is 0 Å². The fourth-order valence-corrected chi connectivity index (χ4v) is 3.83. The number of hydrogen-bond acceptors (Lipinski definition) is 2. The molecular formula is C10H6I2O3S. The van der Waals surface area contributed by atoms with Gasteiger partial charge in [-0.1, -0.05) is 12.1 Å². The first-order valence-electron chi connectivity index (χ1n) is 4.25. The summed E-state index contributed by atoms with van der Waals surface area (Å²) in [6, 6.07) is 8.63. The average molecular weight is 460 g/mol. The molecule has 0 amide bonds. The van der Waals surface area contributed by atoms with Crippen molar-refractivity contribution < 1.29 is 13.0 Å². The Morgan fingerprint density at radius 3 is 2.31 bits per heavy atom. The third kappa shape index (κ3) is 2.20. The molecule has 2 aromatic carbocycles. The van der Waals surface area contributed by atoms with Crippen molar-refractivity contribution in [2.24, 2.45) is 0 Å². The number of halogens is 2. The van der Waals surface area contributed by atoms with Crippen LogP contribution in [0.1, 0.15) is 0 Å². The first-order chi connectivity index (χ1) is 7.41. The molecule has 3 nitrogen and oxygen atoms in total. The molecule has 2 rings (SSSR count). The van der Waals surface area contributed by atoms with Gasteiger partial charge in [0.25, 0.3) is 10.1 Å². The van der Waals surface area contributed by atoms with E-state index in [0.717, 1.165) is 12.5 Å². The molecule has 0 atom stereocenters. The van der Waals surface area contributed by atoms with Crippen LogP contribution < -0.4 is 0 Å². The second-order valence-electron chi connectivity index (χ2n) is 3.18. The van der Waals surface area contributed by atoms with Gasteiger partial charge in [0.05, 0.1) is 0 Å². The van der Waals surface area contributed by atoms with Crippen LogP contribution in [-0.2, 0) is 10.1 Å². The average Bonchev–Trinajstić information content (AvgIpc) is 2.18. The molecule has 0 unspecified atom stereocenters. The molecule has 0 aliphatic rings. The minimum absolute atomic E-state index is 0.0343. The summed E-state index contributed by atoms with van der Waals surface area (Å²) < 4.78 is 33.5. The fraction of sp³-hybridized carbons (Fsp3) is 0. The van der Waals surface area contributed by atoms with Crippen LogP contribution in [0.4, 0.5) is 0 Å². The number of benzene rings is 2. The zero-order valence-corrected chi connectivity index (χ0v) is 12.9. The standard InChI is InChI=1S/C10H6I2O3S/c11-7-4-5-9(16(13,14)15)10-6(7)2-1-3-8(10)12/h1-5H,(H,13,14,15). The number of hydrogen-bond donors (Lipinski definition) is 1. The highest BCUT2D eigenvalue weighted by molar-refractivity contribution is 14.1. The predicted octanol–water partition coefficient (Wildman–Crippen LogP) is 3.30. The molecule has 0 aliphatic heterocycles. The van der Waals surface area contributed by atoms with Crippen LogP contribution in [0.15, 0.2) is 35.2 Å². The van der Waals surface area contributed by atoms with Crippen molar-refractivity contribution in [3.05, 3.63) is 37.5 Å². The Bertz CT molecular complexity index is 665. The summed E-state index contributed by atoms with van der Waals surface area (Å²) >= 11 is 4.20. The van der Waals surface area contributed by atoms with Crippen molar-refractivity contribution in [1.29, 1.82) is 0 Å². The molecule has 0 fully saturated rings. The van der Waals surface area contributed by atoms with Crippen molar-refractivity contribution in [1.82, 2.24) is 0 Å². The molecule has 0 aromatic heterocycles. The molecule has 2 aromatic rings. The van der Waals surface area contributed by atoms with Crippen molar-refractivity contribution in [3.63, 3.8) is 0 Å². The van der Waals surface area contributed by atoms with Crippen LogP contribution in [0.25, 0.3) is 10.8 Å². The minimum atomic E-state index is -4.18. The summed E-state index contributed by atoms with van der Waals surface area (Å²) in [6.45, 7) is 0. The maximum atomic E-state index is 11.3. The lowest BCUT2D eigenvalue weighted by atomic mass is 10.1. The van der Waals surface area contributed by atoms with Crippen molar-refractivity contribution >= 4 is 66.1 Å². The van der Waals surface area contributed by atoms with Gasteiger partial charge in [-0.2, -0.15) is 8.42 Å². The quantitative estimate of drug-likeness (QED) is 0.526. The van der Waals surface area contributed by atoms with E-state index < -0.39 is 10.1 Å². The van der Waals surface area contributed by atoms with Crippen LogP contribution in [0, 0.1) is 7.14 Å². The zero-order valence-electron chi connectivity index (χ0n) is 7.81. The van der Waals surface area contributed by atoms with Gasteiger partial charge in [-0.25, -0.2) is 0 Å². The van der Waals surface area contributed by atoms with Crippen LogP contribution in [-0.4, -0.2) is 13.0 Å². The molecule has 0 heterocycles. The van der Waals surface area contributed by atoms with Gasteiger partial charge in [0.15, 0.2) is 0 Å². The highest BCUT2D eigenvalue weighted by Crippen LogP contribution is 2.30. The van der Waals surface area contributed by atoms with Crippen LogP contribution >= 0.6 is 45.2 Å². The minimum Gasteiger partial charge on any atom is -0.282 e. The Kier molecular flexibility index (Phi) is 3.44. The van der Waals surface area contributed by atoms with Gasteiger partial charge >= 0.3 is 0 Å². The summed E-state index contributed by atoms with van der Waals surface area (Å²) in [6.07, 6.45) is 0. The molecule has 16 heavy (non-hydrogen) atoms. The van der Waals surface area contributed by atoms with E-state index in [4.69, 9.17) is 4.55 Å². The highest BCUT2D eigenvalue weighted by atomic mass is 127. The van der Waals surface area contributed by atoms with E-state index in [2.05, 4.69) is 45.2 Å². The van der Waals surface area contributed by atoms with E-state index in [0.29, 0.717) is 5.39 Å². The molecule has 84 valence electrons. The van der Waals surface area contributed by atoms with Gasteiger partial charge in [0, 0.05) is 12.5 Å². The molecule has 0 saturated heterocycles. The molecule has 0 aliphatic carbocycles. The monoisotopic (exact) mass is 460 g/mol. The topological polar surface area (TPSA) is 54.4 Å². The summed E-state index contributed by atoms with van der Waals surface area (Å²) in [7, 11) is -4.18. The van der Waals surface area contributed by atoms with E-state index >= 15 is 0 Å². The van der Waals surface area contributed by atoms with Gasteiger partial charge in [0.2, 0.25) is 0 Å². The van der Waals surface area contributed by atoms with Crippen molar-refractivity contribution in [3.8, 4) is 0 Å². The normalized spacial score (nSPS) is 11.9. The maximum absolute atomic E-state index is 11.3. The maximum Gasteiger partial charge on any atom is 0.295 e. The second-order valence-corrected chi connectivity index (χ2v) is 6.90. The third-order valence-electron chi connectivity index (χ3n) is 2.18.